The molecule has 0 atom stereocenters. The van der Waals surface area contributed by atoms with E-state index in [4.69, 9.17) is 16.3 Å². The molecule has 0 aromatic heterocycles. The summed E-state index contributed by atoms with van der Waals surface area (Å²) < 4.78 is 5.02. The minimum atomic E-state index is -0.572. The zero-order chi connectivity index (χ0) is 11.4. The Morgan fingerprint density at radius 1 is 1.33 bits per heavy atom. The second kappa shape index (κ2) is 4.94. The van der Waals surface area contributed by atoms with Gasteiger partial charge in [-0.05, 0) is 29.8 Å². The second-order valence-corrected chi connectivity index (χ2v) is 3.72. The van der Waals surface area contributed by atoms with Gasteiger partial charge < -0.3 is 4.74 Å². The van der Waals surface area contributed by atoms with Gasteiger partial charge in [-0.1, -0.05) is 19.9 Å². The van der Waals surface area contributed by atoms with Crippen LogP contribution in [0.4, 0.5) is 0 Å². The van der Waals surface area contributed by atoms with Gasteiger partial charge in [-0.25, -0.2) is 0 Å². The van der Waals surface area contributed by atoms with E-state index in [9.17, 15) is 9.59 Å². The number of carbonyl (C=O) groups is 2. The molecule has 15 heavy (non-hydrogen) atoms. The van der Waals surface area contributed by atoms with Crippen molar-refractivity contribution in [3.8, 4) is 5.75 Å². The first-order valence-corrected chi connectivity index (χ1v) is 4.90. The van der Waals surface area contributed by atoms with Gasteiger partial charge in [0.1, 0.15) is 5.75 Å². The van der Waals surface area contributed by atoms with E-state index < -0.39 is 5.24 Å². The van der Waals surface area contributed by atoms with Crippen LogP contribution in [0.3, 0.4) is 0 Å². The predicted octanol–water partition coefficient (Wildman–Crippen LogP) is 2.63. The lowest BCUT2D eigenvalue weighted by Crippen LogP contribution is -2.14. The Bertz CT molecular complexity index is 385. The van der Waals surface area contributed by atoms with E-state index in [0.29, 0.717) is 11.3 Å². The Morgan fingerprint density at radius 3 is 2.53 bits per heavy atom. The Balaban J connectivity index is 2.83. The van der Waals surface area contributed by atoms with Crippen LogP contribution in [-0.2, 0) is 4.79 Å². The number of esters is 1. The minimum Gasteiger partial charge on any atom is -0.426 e. The zero-order valence-corrected chi connectivity index (χ0v) is 9.25. The summed E-state index contributed by atoms with van der Waals surface area (Å²) in [4.78, 5) is 22.1. The molecule has 0 bridgehead atoms. The SMILES string of the molecule is CC(C)C(=O)Oc1cccc(C(=O)Cl)c1. The number of hydrogen-bond acceptors (Lipinski definition) is 3. The molecule has 3 nitrogen and oxygen atoms in total. The number of benzene rings is 1. The number of halogens is 1. The van der Waals surface area contributed by atoms with Crippen LogP contribution in [-0.4, -0.2) is 11.2 Å². The van der Waals surface area contributed by atoms with E-state index in [-0.39, 0.29) is 11.9 Å². The lowest BCUT2D eigenvalue weighted by molar-refractivity contribution is -0.137. The summed E-state index contributed by atoms with van der Waals surface area (Å²) >= 11 is 5.29. The van der Waals surface area contributed by atoms with E-state index >= 15 is 0 Å². The molecule has 0 spiro atoms. The fourth-order valence-electron chi connectivity index (χ4n) is 0.916. The summed E-state index contributed by atoms with van der Waals surface area (Å²) in [6, 6.07) is 6.21. The Hall–Kier alpha value is -1.35. The first kappa shape index (κ1) is 11.7. The van der Waals surface area contributed by atoms with Crippen LogP contribution < -0.4 is 4.74 Å². The third-order valence-electron chi connectivity index (χ3n) is 1.75. The molecular weight excluding hydrogens is 216 g/mol. The molecule has 0 unspecified atom stereocenters. The van der Waals surface area contributed by atoms with E-state index in [0.717, 1.165) is 0 Å². The molecule has 1 aromatic rings. The highest BCUT2D eigenvalue weighted by atomic mass is 35.5. The van der Waals surface area contributed by atoms with Crippen molar-refractivity contribution in [1.29, 1.82) is 0 Å². The third kappa shape index (κ3) is 3.36. The summed E-state index contributed by atoms with van der Waals surface area (Å²) in [7, 11) is 0. The lowest BCUT2D eigenvalue weighted by atomic mass is 10.2. The Labute approximate surface area is 93.0 Å². The third-order valence-corrected chi connectivity index (χ3v) is 1.97. The fourth-order valence-corrected chi connectivity index (χ4v) is 1.03. The molecule has 4 heteroatoms. The van der Waals surface area contributed by atoms with Gasteiger partial charge in [0, 0.05) is 5.56 Å². The normalized spacial score (nSPS) is 10.1. The van der Waals surface area contributed by atoms with Gasteiger partial charge in [0.15, 0.2) is 0 Å². The minimum absolute atomic E-state index is 0.208. The number of hydrogen-bond donors (Lipinski definition) is 0. The van der Waals surface area contributed by atoms with Crippen LogP contribution in [0.1, 0.15) is 24.2 Å². The number of carbonyl (C=O) groups excluding carboxylic acids is 2. The number of rotatable bonds is 3. The van der Waals surface area contributed by atoms with Crippen LogP contribution in [0.2, 0.25) is 0 Å². The highest BCUT2D eigenvalue weighted by molar-refractivity contribution is 6.67. The van der Waals surface area contributed by atoms with Crippen molar-refractivity contribution in [1.82, 2.24) is 0 Å². The van der Waals surface area contributed by atoms with Crippen molar-refractivity contribution < 1.29 is 14.3 Å². The van der Waals surface area contributed by atoms with Gasteiger partial charge in [-0.3, -0.25) is 9.59 Å². The molecule has 0 aliphatic rings. The van der Waals surface area contributed by atoms with Gasteiger partial charge in [-0.2, -0.15) is 0 Å². The summed E-state index contributed by atoms with van der Waals surface area (Å²) in [5.41, 5.74) is 0.311. The van der Waals surface area contributed by atoms with Crippen molar-refractivity contribution in [2.24, 2.45) is 5.92 Å². The van der Waals surface area contributed by atoms with Gasteiger partial charge >= 0.3 is 5.97 Å². The monoisotopic (exact) mass is 226 g/mol. The summed E-state index contributed by atoms with van der Waals surface area (Å²) in [5.74, 6) is -0.213. The molecular formula is C11H11ClO3. The quantitative estimate of drug-likeness (QED) is 0.452. The molecule has 1 aromatic carbocycles. The Kier molecular flexibility index (Phi) is 3.86. The molecule has 0 N–H and O–H groups in total. The van der Waals surface area contributed by atoms with Crippen LogP contribution in [0, 0.1) is 5.92 Å². The molecule has 1 rings (SSSR count). The summed E-state index contributed by atoms with van der Waals surface area (Å²) in [5, 5.41) is -0.572. The van der Waals surface area contributed by atoms with Gasteiger partial charge in [0.05, 0.1) is 5.92 Å². The molecule has 0 amide bonds. The molecule has 0 heterocycles. The average Bonchev–Trinajstić information content (AvgIpc) is 2.18. The summed E-state index contributed by atoms with van der Waals surface area (Å²) in [6.07, 6.45) is 0. The van der Waals surface area contributed by atoms with Crippen molar-refractivity contribution in [2.45, 2.75) is 13.8 Å². The van der Waals surface area contributed by atoms with Crippen molar-refractivity contribution >= 4 is 22.8 Å². The first-order valence-electron chi connectivity index (χ1n) is 4.52. The second-order valence-electron chi connectivity index (χ2n) is 3.38. The van der Waals surface area contributed by atoms with E-state index in [1.54, 1.807) is 32.0 Å². The maximum Gasteiger partial charge on any atom is 0.313 e. The maximum absolute atomic E-state index is 11.3. The molecule has 80 valence electrons. The highest BCUT2D eigenvalue weighted by Gasteiger charge is 2.10. The maximum atomic E-state index is 11.3. The largest absolute Gasteiger partial charge is 0.426 e. The average molecular weight is 227 g/mol. The molecule has 0 aliphatic carbocycles. The van der Waals surface area contributed by atoms with Crippen molar-refractivity contribution in [3.05, 3.63) is 29.8 Å². The number of ether oxygens (including phenoxy) is 1. The standard InChI is InChI=1S/C11H11ClO3/c1-7(2)11(14)15-9-5-3-4-8(6-9)10(12)13/h3-7H,1-2H3. The molecule has 0 saturated heterocycles. The van der Waals surface area contributed by atoms with Gasteiger partial charge in [-0.15, -0.1) is 0 Å². The molecule has 0 aliphatic heterocycles. The van der Waals surface area contributed by atoms with Gasteiger partial charge in [0.25, 0.3) is 5.24 Å². The predicted molar refractivity (Wildman–Crippen MR) is 57.1 cm³/mol. The fraction of sp³-hybridized carbons (Fsp3) is 0.273. The zero-order valence-electron chi connectivity index (χ0n) is 8.49. The van der Waals surface area contributed by atoms with Crippen LogP contribution in [0.5, 0.6) is 5.75 Å². The smallest absolute Gasteiger partial charge is 0.313 e. The highest BCUT2D eigenvalue weighted by Crippen LogP contribution is 2.16. The molecule has 0 radical (unpaired) electrons. The van der Waals surface area contributed by atoms with Crippen LogP contribution in [0.25, 0.3) is 0 Å². The van der Waals surface area contributed by atoms with Crippen molar-refractivity contribution in [2.75, 3.05) is 0 Å². The van der Waals surface area contributed by atoms with Crippen LogP contribution in [0.15, 0.2) is 24.3 Å². The lowest BCUT2D eigenvalue weighted by Gasteiger charge is -2.06. The van der Waals surface area contributed by atoms with Crippen molar-refractivity contribution in [3.63, 3.8) is 0 Å². The van der Waals surface area contributed by atoms with E-state index in [1.807, 2.05) is 0 Å². The van der Waals surface area contributed by atoms with Gasteiger partial charge in [0.2, 0.25) is 0 Å². The summed E-state index contributed by atoms with van der Waals surface area (Å²) in [6.45, 7) is 3.47. The van der Waals surface area contributed by atoms with E-state index in [1.165, 1.54) is 6.07 Å². The Morgan fingerprint density at radius 2 is 2.00 bits per heavy atom. The van der Waals surface area contributed by atoms with Crippen LogP contribution >= 0.6 is 11.6 Å². The topological polar surface area (TPSA) is 43.4 Å². The molecule has 0 saturated carbocycles. The van der Waals surface area contributed by atoms with E-state index in [2.05, 4.69) is 0 Å². The molecule has 0 fully saturated rings. The first-order chi connectivity index (χ1) is 7.00.